The van der Waals surface area contributed by atoms with Gasteiger partial charge in [-0.25, -0.2) is 0 Å². The van der Waals surface area contributed by atoms with Crippen LogP contribution in [0.15, 0.2) is 43.5 Å². The van der Waals surface area contributed by atoms with Crippen LogP contribution in [0.1, 0.15) is 57.6 Å². The molecular weight excluding hydrogens is 508 g/mol. The van der Waals surface area contributed by atoms with Crippen molar-refractivity contribution in [2.45, 2.75) is 83.6 Å². The largest absolute Gasteiger partial charge is 0.465 e. The number of aliphatic hydroxyl groups excluding tert-OH is 1. The molecule has 1 N–H and O–H groups in total. The lowest BCUT2D eigenvalue weighted by Crippen LogP contribution is -2.60. The minimum Gasteiger partial charge on any atom is -0.465 e. The van der Waals surface area contributed by atoms with Gasteiger partial charge < -0.3 is 24.4 Å². The third kappa shape index (κ3) is 4.79. The number of carbonyl (C=O) groups excluding carboxylic acids is 3. The van der Waals surface area contributed by atoms with Gasteiger partial charge >= 0.3 is 5.97 Å². The number of allylic oxidation sites excluding steroid dienone is 1. The maximum absolute atomic E-state index is 14.7. The maximum atomic E-state index is 14.7. The molecule has 218 valence electrons. The predicted octanol–water partition coefficient (Wildman–Crippen LogP) is 4.11. The number of rotatable bonds is 12. The Labute approximate surface area is 238 Å². The van der Waals surface area contributed by atoms with Crippen LogP contribution < -0.4 is 4.90 Å². The van der Waals surface area contributed by atoms with Crippen LogP contribution in [0, 0.1) is 31.6 Å². The SMILES string of the molecule is C=CCCCOC(=O)[C@H]1[C@H]2C(=O)N([C@@H](CO)C(C)C)C(C(=O)N(CC=C)c3cc(C)ccc3C)C23CC[C@]1(C)O3. The Hall–Kier alpha value is -2.97. The van der Waals surface area contributed by atoms with Crippen molar-refractivity contribution < 1.29 is 29.0 Å². The van der Waals surface area contributed by atoms with Gasteiger partial charge in [-0.05, 0) is 69.6 Å². The molecule has 8 heteroatoms. The van der Waals surface area contributed by atoms with E-state index in [0.29, 0.717) is 25.7 Å². The van der Waals surface area contributed by atoms with Crippen LogP contribution in [-0.4, -0.2) is 70.8 Å². The molecule has 4 rings (SSSR count). The summed E-state index contributed by atoms with van der Waals surface area (Å²) in [5.41, 5.74) is 0.526. The summed E-state index contributed by atoms with van der Waals surface area (Å²) in [6, 6.07) is 4.28. The molecule has 2 amide bonds. The lowest BCUT2D eigenvalue weighted by molar-refractivity contribution is -0.161. The van der Waals surface area contributed by atoms with Gasteiger partial charge in [-0.2, -0.15) is 0 Å². The Morgan fingerprint density at radius 1 is 1.25 bits per heavy atom. The third-order valence-electron chi connectivity index (χ3n) is 9.05. The van der Waals surface area contributed by atoms with Gasteiger partial charge in [0.1, 0.15) is 17.6 Å². The topological polar surface area (TPSA) is 96.4 Å². The molecule has 0 saturated carbocycles. The Morgan fingerprint density at radius 3 is 2.60 bits per heavy atom. The van der Waals surface area contributed by atoms with Gasteiger partial charge in [-0.1, -0.05) is 38.1 Å². The molecule has 40 heavy (non-hydrogen) atoms. The fraction of sp³-hybridized carbons (Fsp3) is 0.594. The summed E-state index contributed by atoms with van der Waals surface area (Å²) in [6.45, 7) is 17.3. The number of benzene rings is 1. The Balaban J connectivity index is 1.82. The number of fused-ring (bicyclic) bond motifs is 1. The number of hydrogen-bond donors (Lipinski definition) is 1. The molecule has 0 radical (unpaired) electrons. The quantitative estimate of drug-likeness (QED) is 0.238. The summed E-state index contributed by atoms with van der Waals surface area (Å²) in [5, 5.41) is 10.5. The minimum atomic E-state index is -1.20. The average Bonchev–Trinajstić information content (AvgIpc) is 3.47. The van der Waals surface area contributed by atoms with Gasteiger partial charge in [0.05, 0.1) is 30.8 Å². The molecule has 3 heterocycles. The number of nitrogens with zero attached hydrogens (tertiary/aromatic N) is 2. The minimum absolute atomic E-state index is 0.134. The summed E-state index contributed by atoms with van der Waals surface area (Å²) >= 11 is 0. The van der Waals surface area contributed by atoms with Crippen molar-refractivity contribution in [3.8, 4) is 0 Å². The molecule has 0 aliphatic carbocycles. The molecule has 0 aromatic heterocycles. The predicted molar refractivity (Wildman–Crippen MR) is 154 cm³/mol. The van der Waals surface area contributed by atoms with E-state index in [4.69, 9.17) is 9.47 Å². The van der Waals surface area contributed by atoms with Crippen molar-refractivity contribution in [1.29, 1.82) is 0 Å². The van der Waals surface area contributed by atoms with Crippen molar-refractivity contribution in [1.82, 2.24) is 4.90 Å². The molecule has 2 bridgehead atoms. The number of ether oxygens (including phenoxy) is 2. The monoisotopic (exact) mass is 552 g/mol. The highest BCUT2D eigenvalue weighted by molar-refractivity contribution is 6.05. The molecule has 3 fully saturated rings. The molecule has 1 aromatic rings. The van der Waals surface area contributed by atoms with Crippen LogP contribution >= 0.6 is 0 Å². The van der Waals surface area contributed by atoms with Gasteiger partial charge in [-0.3, -0.25) is 14.4 Å². The number of esters is 1. The van der Waals surface area contributed by atoms with Gasteiger partial charge in [0, 0.05) is 12.2 Å². The van der Waals surface area contributed by atoms with Crippen LogP contribution in [0.4, 0.5) is 5.69 Å². The maximum Gasteiger partial charge on any atom is 0.312 e. The molecule has 3 aliphatic heterocycles. The zero-order valence-corrected chi connectivity index (χ0v) is 24.5. The van der Waals surface area contributed by atoms with Crippen LogP contribution in [0.5, 0.6) is 0 Å². The molecule has 1 spiro atoms. The molecule has 3 saturated heterocycles. The summed E-state index contributed by atoms with van der Waals surface area (Å²) in [4.78, 5) is 45.8. The fourth-order valence-electron chi connectivity index (χ4n) is 7.06. The van der Waals surface area contributed by atoms with E-state index < -0.39 is 41.1 Å². The molecule has 2 unspecified atom stereocenters. The van der Waals surface area contributed by atoms with Gasteiger partial charge in [-0.15, -0.1) is 13.2 Å². The summed E-state index contributed by atoms with van der Waals surface area (Å²) in [5.74, 6) is -2.94. The number of anilines is 1. The fourth-order valence-corrected chi connectivity index (χ4v) is 7.06. The first kappa shape index (κ1) is 30.0. The third-order valence-corrected chi connectivity index (χ3v) is 9.05. The van der Waals surface area contributed by atoms with Gasteiger partial charge in [0.2, 0.25) is 5.91 Å². The van der Waals surface area contributed by atoms with Crippen LogP contribution in [0.25, 0.3) is 0 Å². The highest BCUT2D eigenvalue weighted by atomic mass is 16.6. The van der Waals surface area contributed by atoms with E-state index in [2.05, 4.69) is 13.2 Å². The summed E-state index contributed by atoms with van der Waals surface area (Å²) in [6.07, 6.45) is 5.77. The first-order valence-corrected chi connectivity index (χ1v) is 14.4. The molecular formula is C32H44N2O6. The van der Waals surface area contributed by atoms with E-state index in [9.17, 15) is 19.5 Å². The second-order valence-electron chi connectivity index (χ2n) is 12.1. The number of carbonyl (C=O) groups is 3. The Bertz CT molecular complexity index is 1180. The summed E-state index contributed by atoms with van der Waals surface area (Å²) < 4.78 is 12.4. The van der Waals surface area contributed by atoms with Crippen molar-refractivity contribution in [3.05, 3.63) is 54.6 Å². The lowest BCUT2D eigenvalue weighted by atomic mass is 9.66. The van der Waals surface area contributed by atoms with Crippen LogP contribution in [0.3, 0.4) is 0 Å². The van der Waals surface area contributed by atoms with E-state index >= 15 is 0 Å². The number of hydrogen-bond acceptors (Lipinski definition) is 6. The summed E-state index contributed by atoms with van der Waals surface area (Å²) in [7, 11) is 0. The van der Waals surface area contributed by atoms with E-state index in [-0.39, 0.29) is 37.5 Å². The Morgan fingerprint density at radius 2 is 1.98 bits per heavy atom. The van der Waals surface area contributed by atoms with E-state index in [1.165, 1.54) is 4.90 Å². The van der Waals surface area contributed by atoms with Crippen molar-refractivity contribution in [3.63, 3.8) is 0 Å². The number of amides is 2. The first-order chi connectivity index (χ1) is 19.0. The zero-order chi connectivity index (χ0) is 29.4. The average molecular weight is 553 g/mol. The number of likely N-dealkylation sites (tertiary alicyclic amines) is 1. The van der Waals surface area contributed by atoms with Crippen molar-refractivity contribution >= 4 is 23.5 Å². The standard InChI is InChI=1S/C32H44N2O6/c1-8-10-11-17-39-30(38)26-25-28(36)34(24(19-35)20(3)4)27(32(25)15-14-31(26,7)40-32)29(37)33(16-9-2)23-18-21(5)12-13-22(23)6/h8-9,12-13,18,20,24-27,35H,1-2,10-11,14-17,19H2,3-7H3/t24-,25-,26+,27?,31-,32?/m0/s1. The van der Waals surface area contributed by atoms with E-state index in [0.717, 1.165) is 16.8 Å². The molecule has 8 nitrogen and oxygen atoms in total. The second-order valence-corrected chi connectivity index (χ2v) is 12.1. The first-order valence-electron chi connectivity index (χ1n) is 14.4. The highest BCUT2D eigenvalue weighted by Gasteiger charge is 2.79. The van der Waals surface area contributed by atoms with Gasteiger partial charge in [0.15, 0.2) is 0 Å². The smallest absolute Gasteiger partial charge is 0.312 e. The molecule has 1 aromatic carbocycles. The number of unbranched alkanes of at least 4 members (excludes halogenated alkanes) is 1. The van der Waals surface area contributed by atoms with Gasteiger partial charge in [0.25, 0.3) is 5.91 Å². The molecule has 3 aliphatic rings. The number of aryl methyl sites for hydroxylation is 2. The van der Waals surface area contributed by atoms with E-state index in [1.807, 2.05) is 52.8 Å². The van der Waals surface area contributed by atoms with Crippen molar-refractivity contribution in [2.75, 3.05) is 24.7 Å². The zero-order valence-electron chi connectivity index (χ0n) is 24.5. The Kier molecular flexibility index (Phi) is 8.62. The normalized spacial score (nSPS) is 29.4. The van der Waals surface area contributed by atoms with Crippen molar-refractivity contribution in [2.24, 2.45) is 17.8 Å². The second kappa shape index (κ2) is 11.5. The van der Waals surface area contributed by atoms with Crippen LogP contribution in [0.2, 0.25) is 0 Å². The highest BCUT2D eigenvalue weighted by Crippen LogP contribution is 2.64. The number of aliphatic hydroxyl groups is 1. The van der Waals surface area contributed by atoms with Crippen LogP contribution in [-0.2, 0) is 23.9 Å². The van der Waals surface area contributed by atoms with E-state index in [1.54, 1.807) is 17.1 Å². The molecule has 6 atom stereocenters. The lowest BCUT2D eigenvalue weighted by Gasteiger charge is -2.40.